The van der Waals surface area contributed by atoms with Crippen LogP contribution in [0.2, 0.25) is 0 Å². The van der Waals surface area contributed by atoms with Gasteiger partial charge in [-0.1, -0.05) is 30.3 Å². The molecule has 20 heavy (non-hydrogen) atoms. The molecule has 1 aliphatic heterocycles. The van der Waals surface area contributed by atoms with Gasteiger partial charge in [-0.25, -0.2) is 0 Å². The van der Waals surface area contributed by atoms with E-state index in [0.29, 0.717) is 6.79 Å². The summed E-state index contributed by atoms with van der Waals surface area (Å²) in [7, 11) is 0. The van der Waals surface area contributed by atoms with Gasteiger partial charge in [0.1, 0.15) is 0 Å². The monoisotopic (exact) mass is 286 g/mol. The minimum atomic E-state index is 0.336. The third kappa shape index (κ3) is 3.10. The molecule has 0 N–H and O–H groups in total. The first-order valence-corrected chi connectivity index (χ1v) is 8.20. The molecular weight excluding hydrogens is 268 g/mol. The molecule has 1 aliphatic rings. The number of fused-ring (bicyclic) bond motifs is 1. The van der Waals surface area contributed by atoms with Gasteiger partial charge in [0.2, 0.25) is 6.79 Å². The van der Waals surface area contributed by atoms with E-state index in [4.69, 9.17) is 9.47 Å². The van der Waals surface area contributed by atoms with Crippen molar-refractivity contribution in [3.05, 3.63) is 59.2 Å². The highest BCUT2D eigenvalue weighted by Crippen LogP contribution is 2.33. The summed E-state index contributed by atoms with van der Waals surface area (Å²) in [6.45, 7) is 0.336. The van der Waals surface area contributed by atoms with Crippen molar-refractivity contribution in [3.8, 4) is 11.5 Å². The molecule has 3 heteroatoms. The normalized spacial score (nSPS) is 12.7. The standard InChI is InChI=1S/C17H18O2S/c1-20-9-8-13-2-4-14(5-3-13)10-15-6-7-16-17(11-15)19-12-18-16/h2-7,11H,8-10,12H2,1H3. The Bertz CT molecular complexity index is 578. The van der Waals surface area contributed by atoms with E-state index in [0.717, 1.165) is 24.3 Å². The van der Waals surface area contributed by atoms with E-state index in [2.05, 4.69) is 42.7 Å². The first-order valence-electron chi connectivity index (χ1n) is 6.80. The first-order chi connectivity index (χ1) is 9.85. The van der Waals surface area contributed by atoms with Crippen LogP contribution in [0.25, 0.3) is 0 Å². The van der Waals surface area contributed by atoms with Crippen LogP contribution in [0.1, 0.15) is 16.7 Å². The molecule has 0 radical (unpaired) electrons. The van der Waals surface area contributed by atoms with Crippen LogP contribution in [0.5, 0.6) is 11.5 Å². The van der Waals surface area contributed by atoms with E-state index in [9.17, 15) is 0 Å². The second kappa shape index (κ2) is 6.23. The summed E-state index contributed by atoms with van der Waals surface area (Å²) in [6.07, 6.45) is 4.22. The molecule has 0 fully saturated rings. The number of aryl methyl sites for hydroxylation is 1. The molecule has 0 saturated heterocycles. The summed E-state index contributed by atoms with van der Waals surface area (Å²) in [5.41, 5.74) is 4.00. The zero-order chi connectivity index (χ0) is 13.8. The van der Waals surface area contributed by atoms with Gasteiger partial charge in [-0.15, -0.1) is 0 Å². The molecule has 0 amide bonds. The third-order valence-electron chi connectivity index (χ3n) is 3.46. The van der Waals surface area contributed by atoms with Gasteiger partial charge < -0.3 is 9.47 Å². The van der Waals surface area contributed by atoms with Crippen molar-refractivity contribution in [1.82, 2.24) is 0 Å². The molecule has 0 aliphatic carbocycles. The zero-order valence-corrected chi connectivity index (χ0v) is 12.4. The first kappa shape index (κ1) is 13.4. The third-order valence-corrected chi connectivity index (χ3v) is 4.08. The van der Waals surface area contributed by atoms with Gasteiger partial charge in [-0.05, 0) is 53.7 Å². The molecular formula is C17H18O2S. The fourth-order valence-electron chi connectivity index (χ4n) is 2.33. The largest absolute Gasteiger partial charge is 0.454 e. The van der Waals surface area contributed by atoms with E-state index in [-0.39, 0.29) is 0 Å². The van der Waals surface area contributed by atoms with Crippen LogP contribution in [-0.2, 0) is 12.8 Å². The Hall–Kier alpha value is -1.61. The Balaban J connectivity index is 1.68. The average Bonchev–Trinajstić information content (AvgIpc) is 2.94. The predicted molar refractivity (Wildman–Crippen MR) is 83.9 cm³/mol. The van der Waals surface area contributed by atoms with Gasteiger partial charge in [0.15, 0.2) is 11.5 Å². The fraction of sp³-hybridized carbons (Fsp3) is 0.294. The maximum absolute atomic E-state index is 5.42. The van der Waals surface area contributed by atoms with Gasteiger partial charge in [0, 0.05) is 0 Å². The van der Waals surface area contributed by atoms with Crippen molar-refractivity contribution in [2.45, 2.75) is 12.8 Å². The van der Waals surface area contributed by atoms with Gasteiger partial charge in [0.05, 0.1) is 0 Å². The summed E-state index contributed by atoms with van der Waals surface area (Å²) in [5, 5.41) is 0. The highest BCUT2D eigenvalue weighted by molar-refractivity contribution is 7.98. The molecule has 0 bridgehead atoms. The quantitative estimate of drug-likeness (QED) is 0.830. The molecule has 0 aromatic heterocycles. The molecule has 3 rings (SSSR count). The lowest BCUT2D eigenvalue weighted by Crippen LogP contribution is -1.93. The lowest BCUT2D eigenvalue weighted by molar-refractivity contribution is 0.174. The number of hydrogen-bond donors (Lipinski definition) is 0. The van der Waals surface area contributed by atoms with E-state index < -0.39 is 0 Å². The Labute approximate surface area is 124 Å². The van der Waals surface area contributed by atoms with Gasteiger partial charge >= 0.3 is 0 Å². The fourth-order valence-corrected chi connectivity index (χ4v) is 2.77. The molecule has 1 heterocycles. The second-order valence-electron chi connectivity index (χ2n) is 4.92. The highest BCUT2D eigenvalue weighted by atomic mass is 32.2. The average molecular weight is 286 g/mol. The molecule has 0 saturated carbocycles. The second-order valence-corrected chi connectivity index (χ2v) is 5.91. The SMILES string of the molecule is CSCCc1ccc(Cc2ccc3c(c2)OCO3)cc1. The van der Waals surface area contributed by atoms with Crippen LogP contribution in [0, 0.1) is 0 Å². The van der Waals surface area contributed by atoms with Gasteiger partial charge in [-0.3, -0.25) is 0 Å². The molecule has 0 spiro atoms. The zero-order valence-electron chi connectivity index (χ0n) is 11.6. The number of rotatable bonds is 5. The van der Waals surface area contributed by atoms with Crippen LogP contribution < -0.4 is 9.47 Å². The minimum absolute atomic E-state index is 0.336. The van der Waals surface area contributed by atoms with E-state index in [1.165, 1.54) is 22.4 Å². The summed E-state index contributed by atoms with van der Waals surface area (Å²) in [6, 6.07) is 15.1. The van der Waals surface area contributed by atoms with Crippen molar-refractivity contribution in [2.24, 2.45) is 0 Å². The Morgan fingerprint density at radius 2 is 1.60 bits per heavy atom. The number of ether oxygens (including phenoxy) is 2. The predicted octanol–water partition coefficient (Wildman–Crippen LogP) is 3.91. The van der Waals surface area contributed by atoms with Crippen molar-refractivity contribution < 1.29 is 9.47 Å². The lowest BCUT2D eigenvalue weighted by atomic mass is 10.0. The minimum Gasteiger partial charge on any atom is -0.454 e. The Kier molecular flexibility index (Phi) is 4.16. The summed E-state index contributed by atoms with van der Waals surface area (Å²) in [5.74, 6) is 2.89. The van der Waals surface area contributed by atoms with Gasteiger partial charge in [0.25, 0.3) is 0 Å². The highest BCUT2D eigenvalue weighted by Gasteiger charge is 2.13. The molecule has 0 atom stereocenters. The lowest BCUT2D eigenvalue weighted by Gasteiger charge is -2.05. The van der Waals surface area contributed by atoms with Crippen LogP contribution in [0.15, 0.2) is 42.5 Å². The van der Waals surface area contributed by atoms with E-state index in [1.54, 1.807) is 0 Å². The Morgan fingerprint density at radius 1 is 0.900 bits per heavy atom. The number of benzene rings is 2. The van der Waals surface area contributed by atoms with E-state index >= 15 is 0 Å². The summed E-state index contributed by atoms with van der Waals surface area (Å²) >= 11 is 1.89. The van der Waals surface area contributed by atoms with Crippen LogP contribution in [-0.4, -0.2) is 18.8 Å². The van der Waals surface area contributed by atoms with Crippen molar-refractivity contribution >= 4 is 11.8 Å². The van der Waals surface area contributed by atoms with Gasteiger partial charge in [-0.2, -0.15) is 11.8 Å². The number of thioether (sulfide) groups is 1. The smallest absolute Gasteiger partial charge is 0.231 e. The number of hydrogen-bond acceptors (Lipinski definition) is 3. The summed E-state index contributed by atoms with van der Waals surface area (Å²) < 4.78 is 10.7. The molecule has 2 aromatic rings. The Morgan fingerprint density at radius 3 is 2.40 bits per heavy atom. The van der Waals surface area contributed by atoms with Crippen molar-refractivity contribution in [3.63, 3.8) is 0 Å². The maximum Gasteiger partial charge on any atom is 0.231 e. The molecule has 2 aromatic carbocycles. The van der Waals surface area contributed by atoms with Crippen LogP contribution in [0.3, 0.4) is 0 Å². The van der Waals surface area contributed by atoms with Crippen LogP contribution in [0.4, 0.5) is 0 Å². The molecule has 2 nitrogen and oxygen atoms in total. The maximum atomic E-state index is 5.42. The topological polar surface area (TPSA) is 18.5 Å². The molecule has 104 valence electrons. The molecule has 0 unspecified atom stereocenters. The van der Waals surface area contributed by atoms with Crippen molar-refractivity contribution in [1.29, 1.82) is 0 Å². The summed E-state index contributed by atoms with van der Waals surface area (Å²) in [4.78, 5) is 0. The van der Waals surface area contributed by atoms with Crippen LogP contribution >= 0.6 is 11.8 Å². The van der Waals surface area contributed by atoms with E-state index in [1.807, 2.05) is 17.8 Å². The van der Waals surface area contributed by atoms with Crippen molar-refractivity contribution in [2.75, 3.05) is 18.8 Å².